The zero-order valence-corrected chi connectivity index (χ0v) is 10.7. The Kier molecular flexibility index (Phi) is 7.85. The number of aliphatic hydroxyl groups is 1. The zero-order chi connectivity index (χ0) is 11.7. The normalized spacial score (nSPS) is 14.9. The van der Waals surface area contributed by atoms with Gasteiger partial charge in [0.25, 0.3) is 0 Å². The number of thioether (sulfide) groups is 1. The fourth-order valence-corrected chi connectivity index (χ4v) is 2.17. The minimum Gasteiger partial charge on any atom is -0.396 e. The first kappa shape index (κ1) is 14.8. The van der Waals surface area contributed by atoms with E-state index in [-0.39, 0.29) is 6.61 Å². The summed E-state index contributed by atoms with van der Waals surface area (Å²) in [5, 5.41) is 21.0. The lowest BCUT2D eigenvalue weighted by molar-refractivity contribution is 0.322. The molecule has 0 aromatic heterocycles. The SMILES string of the molecule is CC(C)NC(C)(C#N)CCCSCCO. The van der Waals surface area contributed by atoms with Gasteiger partial charge in [-0.05, 0) is 39.4 Å². The van der Waals surface area contributed by atoms with E-state index in [2.05, 4.69) is 25.2 Å². The average molecular weight is 230 g/mol. The number of nitrogens with one attached hydrogen (secondary N) is 1. The van der Waals surface area contributed by atoms with Crippen LogP contribution in [0.15, 0.2) is 0 Å². The van der Waals surface area contributed by atoms with Crippen LogP contribution in [-0.4, -0.2) is 34.8 Å². The molecule has 2 N–H and O–H groups in total. The van der Waals surface area contributed by atoms with Gasteiger partial charge in [-0.3, -0.25) is 5.32 Å². The molecule has 0 heterocycles. The van der Waals surface area contributed by atoms with Crippen molar-refractivity contribution < 1.29 is 5.11 Å². The molecule has 0 saturated heterocycles. The molecule has 88 valence electrons. The van der Waals surface area contributed by atoms with Crippen molar-refractivity contribution in [1.82, 2.24) is 5.32 Å². The summed E-state index contributed by atoms with van der Waals surface area (Å²) in [6, 6.07) is 2.66. The van der Waals surface area contributed by atoms with Crippen LogP contribution in [0.5, 0.6) is 0 Å². The Bertz CT molecular complexity index is 203. The Morgan fingerprint density at radius 2 is 2.13 bits per heavy atom. The van der Waals surface area contributed by atoms with Crippen molar-refractivity contribution in [3.8, 4) is 6.07 Å². The summed E-state index contributed by atoms with van der Waals surface area (Å²) in [5.74, 6) is 1.80. The van der Waals surface area contributed by atoms with Crippen LogP contribution in [0.2, 0.25) is 0 Å². The minimum atomic E-state index is -0.409. The standard InChI is InChI=1S/C11H22N2OS/c1-10(2)13-11(3,9-12)5-4-7-15-8-6-14/h10,13-14H,4-8H2,1-3H3. The van der Waals surface area contributed by atoms with Crippen LogP contribution >= 0.6 is 11.8 Å². The molecule has 0 aliphatic rings. The van der Waals surface area contributed by atoms with Gasteiger partial charge in [0, 0.05) is 11.8 Å². The summed E-state index contributed by atoms with van der Waals surface area (Å²) in [6.45, 7) is 6.29. The highest BCUT2D eigenvalue weighted by Crippen LogP contribution is 2.14. The number of nitrogens with zero attached hydrogens (tertiary/aromatic N) is 1. The lowest BCUT2D eigenvalue weighted by Gasteiger charge is -2.25. The second-order valence-electron chi connectivity index (χ2n) is 4.18. The number of hydrogen-bond acceptors (Lipinski definition) is 4. The van der Waals surface area contributed by atoms with Crippen LogP contribution in [0, 0.1) is 11.3 Å². The number of hydrogen-bond donors (Lipinski definition) is 2. The van der Waals surface area contributed by atoms with Gasteiger partial charge in [0.2, 0.25) is 0 Å². The van der Waals surface area contributed by atoms with Gasteiger partial charge >= 0.3 is 0 Å². The summed E-state index contributed by atoms with van der Waals surface area (Å²) in [4.78, 5) is 0. The first-order chi connectivity index (χ1) is 7.04. The van der Waals surface area contributed by atoms with E-state index in [1.54, 1.807) is 11.8 Å². The molecule has 3 nitrogen and oxygen atoms in total. The first-order valence-electron chi connectivity index (χ1n) is 5.41. The van der Waals surface area contributed by atoms with Gasteiger partial charge in [0.05, 0.1) is 12.7 Å². The predicted molar refractivity (Wildman–Crippen MR) is 65.9 cm³/mol. The maximum atomic E-state index is 9.08. The van der Waals surface area contributed by atoms with E-state index in [9.17, 15) is 0 Å². The largest absolute Gasteiger partial charge is 0.396 e. The van der Waals surface area contributed by atoms with E-state index < -0.39 is 5.54 Å². The van der Waals surface area contributed by atoms with Gasteiger partial charge in [-0.15, -0.1) is 0 Å². The van der Waals surface area contributed by atoms with Gasteiger partial charge in [0.1, 0.15) is 5.54 Å². The number of nitriles is 1. The first-order valence-corrected chi connectivity index (χ1v) is 6.57. The molecule has 0 spiro atoms. The van der Waals surface area contributed by atoms with E-state index >= 15 is 0 Å². The molecule has 0 rings (SSSR count). The highest BCUT2D eigenvalue weighted by Gasteiger charge is 2.23. The average Bonchev–Trinajstić information content (AvgIpc) is 2.16. The van der Waals surface area contributed by atoms with E-state index in [1.165, 1.54) is 0 Å². The van der Waals surface area contributed by atoms with E-state index in [4.69, 9.17) is 10.4 Å². The monoisotopic (exact) mass is 230 g/mol. The zero-order valence-electron chi connectivity index (χ0n) is 9.92. The number of rotatable bonds is 8. The molecule has 0 aromatic carbocycles. The predicted octanol–water partition coefficient (Wildman–Crippen LogP) is 1.77. The molecule has 0 fully saturated rings. The van der Waals surface area contributed by atoms with Crippen molar-refractivity contribution in [2.75, 3.05) is 18.1 Å². The second kappa shape index (κ2) is 7.98. The smallest absolute Gasteiger partial charge is 0.104 e. The Hall–Kier alpha value is -0.240. The second-order valence-corrected chi connectivity index (χ2v) is 5.41. The van der Waals surface area contributed by atoms with E-state index in [1.807, 2.05) is 6.92 Å². The van der Waals surface area contributed by atoms with Crippen LogP contribution in [0.1, 0.15) is 33.6 Å². The molecule has 0 aliphatic heterocycles. The lowest BCUT2D eigenvalue weighted by atomic mass is 9.97. The van der Waals surface area contributed by atoms with Gasteiger partial charge in [-0.1, -0.05) is 0 Å². The maximum absolute atomic E-state index is 9.08. The molecule has 0 aliphatic carbocycles. The Balaban J connectivity index is 3.74. The van der Waals surface area contributed by atoms with Crippen molar-refractivity contribution in [3.63, 3.8) is 0 Å². The summed E-state index contributed by atoms with van der Waals surface area (Å²) >= 11 is 1.74. The molecule has 1 unspecified atom stereocenters. The van der Waals surface area contributed by atoms with Crippen molar-refractivity contribution >= 4 is 11.8 Å². The van der Waals surface area contributed by atoms with Crippen molar-refractivity contribution in [1.29, 1.82) is 5.26 Å². The van der Waals surface area contributed by atoms with Gasteiger partial charge in [-0.25, -0.2) is 0 Å². The van der Waals surface area contributed by atoms with Crippen LogP contribution in [0.25, 0.3) is 0 Å². The lowest BCUT2D eigenvalue weighted by Crippen LogP contribution is -2.44. The van der Waals surface area contributed by atoms with E-state index in [0.29, 0.717) is 6.04 Å². The summed E-state index contributed by atoms with van der Waals surface area (Å²) < 4.78 is 0. The number of aliphatic hydroxyl groups excluding tert-OH is 1. The van der Waals surface area contributed by atoms with Crippen molar-refractivity contribution in [2.45, 2.75) is 45.2 Å². The van der Waals surface area contributed by atoms with Crippen LogP contribution < -0.4 is 5.32 Å². The molecule has 0 amide bonds. The van der Waals surface area contributed by atoms with Crippen molar-refractivity contribution in [3.05, 3.63) is 0 Å². The fraction of sp³-hybridized carbons (Fsp3) is 0.909. The fourth-order valence-electron chi connectivity index (χ4n) is 1.49. The highest BCUT2D eigenvalue weighted by atomic mass is 32.2. The third-order valence-electron chi connectivity index (χ3n) is 2.06. The third kappa shape index (κ3) is 7.66. The molecule has 0 bridgehead atoms. The third-order valence-corrected chi connectivity index (χ3v) is 3.10. The molecular formula is C11H22N2OS. The Labute approximate surface area is 97.2 Å². The van der Waals surface area contributed by atoms with Crippen LogP contribution in [0.4, 0.5) is 0 Å². The molecule has 0 saturated carbocycles. The van der Waals surface area contributed by atoms with Gasteiger partial charge in [-0.2, -0.15) is 17.0 Å². The molecule has 15 heavy (non-hydrogen) atoms. The quantitative estimate of drug-likeness (QED) is 0.624. The van der Waals surface area contributed by atoms with E-state index in [0.717, 1.165) is 24.3 Å². The summed E-state index contributed by atoms with van der Waals surface area (Å²) in [5.41, 5.74) is -0.409. The van der Waals surface area contributed by atoms with Crippen molar-refractivity contribution in [2.24, 2.45) is 0 Å². The molecule has 4 heteroatoms. The molecule has 0 aromatic rings. The Morgan fingerprint density at radius 1 is 1.47 bits per heavy atom. The maximum Gasteiger partial charge on any atom is 0.104 e. The molecule has 0 radical (unpaired) electrons. The van der Waals surface area contributed by atoms with Gasteiger partial charge < -0.3 is 5.11 Å². The highest BCUT2D eigenvalue weighted by molar-refractivity contribution is 7.99. The topological polar surface area (TPSA) is 56.0 Å². The van der Waals surface area contributed by atoms with Crippen LogP contribution in [0.3, 0.4) is 0 Å². The summed E-state index contributed by atoms with van der Waals surface area (Å²) in [6.07, 6.45) is 1.87. The Morgan fingerprint density at radius 3 is 2.60 bits per heavy atom. The summed E-state index contributed by atoms with van der Waals surface area (Å²) in [7, 11) is 0. The minimum absolute atomic E-state index is 0.241. The van der Waals surface area contributed by atoms with Gasteiger partial charge in [0.15, 0.2) is 0 Å². The molecule has 1 atom stereocenters. The van der Waals surface area contributed by atoms with Crippen LogP contribution in [-0.2, 0) is 0 Å². The molecular weight excluding hydrogens is 208 g/mol.